The summed E-state index contributed by atoms with van der Waals surface area (Å²) >= 11 is 0. The number of nitrogens with zero attached hydrogens (tertiary/aromatic N) is 2. The minimum Gasteiger partial charge on any atom is -0.352 e. The molecule has 2 fully saturated rings. The Morgan fingerprint density at radius 3 is 2.44 bits per heavy atom. The first-order valence-electron chi connectivity index (χ1n) is 9.68. The molecule has 3 rings (SSSR count). The lowest BCUT2D eigenvalue weighted by atomic mass is 9.95. The van der Waals surface area contributed by atoms with Gasteiger partial charge in [-0.2, -0.15) is 4.31 Å². The van der Waals surface area contributed by atoms with E-state index in [0.29, 0.717) is 26.2 Å². The van der Waals surface area contributed by atoms with Crippen molar-refractivity contribution in [2.24, 2.45) is 0 Å². The minimum absolute atomic E-state index is 0.0170. The predicted octanol–water partition coefficient (Wildman–Crippen LogP) is 1.97. The van der Waals surface area contributed by atoms with Crippen LogP contribution >= 0.6 is 0 Å². The molecule has 0 bridgehead atoms. The van der Waals surface area contributed by atoms with Crippen LogP contribution in [0.4, 0.5) is 4.39 Å². The average Bonchev–Trinajstić information content (AvgIpc) is 2.68. The molecule has 1 saturated carbocycles. The van der Waals surface area contributed by atoms with E-state index in [1.54, 1.807) is 0 Å². The average molecular weight is 398 g/mol. The van der Waals surface area contributed by atoms with Crippen LogP contribution < -0.4 is 5.32 Å². The SMILES string of the molecule is CC(C(=O)NC1CCCCC1)N1CCN(S(=O)(=O)c2cccc(F)c2)CC1. The number of piperazine rings is 1. The first-order valence-corrected chi connectivity index (χ1v) is 11.1. The zero-order valence-electron chi connectivity index (χ0n) is 15.7. The van der Waals surface area contributed by atoms with Crippen molar-refractivity contribution in [2.75, 3.05) is 26.2 Å². The smallest absolute Gasteiger partial charge is 0.243 e. The van der Waals surface area contributed by atoms with Gasteiger partial charge in [-0.1, -0.05) is 25.3 Å². The quantitative estimate of drug-likeness (QED) is 0.825. The van der Waals surface area contributed by atoms with Gasteiger partial charge in [0.15, 0.2) is 0 Å². The summed E-state index contributed by atoms with van der Waals surface area (Å²) in [6.07, 6.45) is 5.64. The molecule has 1 aromatic rings. The van der Waals surface area contributed by atoms with Gasteiger partial charge < -0.3 is 5.32 Å². The Hall–Kier alpha value is -1.51. The first kappa shape index (κ1) is 20.2. The third kappa shape index (κ3) is 4.86. The molecule has 8 heteroatoms. The van der Waals surface area contributed by atoms with Crippen molar-refractivity contribution in [3.8, 4) is 0 Å². The van der Waals surface area contributed by atoms with E-state index < -0.39 is 15.8 Å². The summed E-state index contributed by atoms with van der Waals surface area (Å²) < 4.78 is 40.1. The van der Waals surface area contributed by atoms with E-state index in [9.17, 15) is 17.6 Å². The molecule has 6 nitrogen and oxygen atoms in total. The Balaban J connectivity index is 1.55. The highest BCUT2D eigenvalue weighted by atomic mass is 32.2. The van der Waals surface area contributed by atoms with E-state index in [2.05, 4.69) is 5.32 Å². The molecule has 1 aliphatic carbocycles. The van der Waals surface area contributed by atoms with Crippen LogP contribution in [0.15, 0.2) is 29.2 Å². The Morgan fingerprint density at radius 1 is 1.15 bits per heavy atom. The van der Waals surface area contributed by atoms with Gasteiger partial charge in [-0.15, -0.1) is 0 Å². The van der Waals surface area contributed by atoms with Gasteiger partial charge in [-0.3, -0.25) is 9.69 Å². The second-order valence-electron chi connectivity index (χ2n) is 7.42. The minimum atomic E-state index is -3.71. The number of carbonyl (C=O) groups is 1. The van der Waals surface area contributed by atoms with Gasteiger partial charge in [0, 0.05) is 32.2 Å². The number of halogens is 1. The van der Waals surface area contributed by atoms with E-state index >= 15 is 0 Å². The molecule has 2 aliphatic rings. The topological polar surface area (TPSA) is 69.7 Å². The largest absolute Gasteiger partial charge is 0.352 e. The fraction of sp³-hybridized carbons (Fsp3) is 0.632. The maximum atomic E-state index is 13.4. The second kappa shape index (κ2) is 8.67. The highest BCUT2D eigenvalue weighted by Gasteiger charge is 2.32. The highest BCUT2D eigenvalue weighted by Crippen LogP contribution is 2.20. The molecule has 1 heterocycles. The Bertz CT molecular complexity index is 757. The predicted molar refractivity (Wildman–Crippen MR) is 101 cm³/mol. The molecule has 0 aromatic heterocycles. The summed E-state index contributed by atoms with van der Waals surface area (Å²) in [4.78, 5) is 14.5. The summed E-state index contributed by atoms with van der Waals surface area (Å²) in [5.74, 6) is -0.550. The normalized spacial score (nSPS) is 21.7. The summed E-state index contributed by atoms with van der Waals surface area (Å²) in [6.45, 7) is 3.41. The zero-order valence-corrected chi connectivity index (χ0v) is 16.5. The summed E-state index contributed by atoms with van der Waals surface area (Å²) in [5, 5.41) is 3.14. The summed E-state index contributed by atoms with van der Waals surface area (Å²) in [6, 6.07) is 5.06. The molecule has 1 atom stereocenters. The fourth-order valence-corrected chi connectivity index (χ4v) is 5.30. The molecule has 27 heavy (non-hydrogen) atoms. The molecule has 0 spiro atoms. The number of hydrogen-bond donors (Lipinski definition) is 1. The molecule has 1 aliphatic heterocycles. The van der Waals surface area contributed by atoms with Gasteiger partial charge in [0.25, 0.3) is 0 Å². The Labute approximate surface area is 160 Å². The van der Waals surface area contributed by atoms with Crippen molar-refractivity contribution < 1.29 is 17.6 Å². The molecule has 0 radical (unpaired) electrons. The molecular formula is C19H28FN3O3S. The van der Waals surface area contributed by atoms with Gasteiger partial charge in [-0.05, 0) is 38.0 Å². The summed E-state index contributed by atoms with van der Waals surface area (Å²) in [5.41, 5.74) is 0. The van der Waals surface area contributed by atoms with Crippen LogP contribution in [0.25, 0.3) is 0 Å². The van der Waals surface area contributed by atoms with Gasteiger partial charge in [-0.25, -0.2) is 12.8 Å². The lowest BCUT2D eigenvalue weighted by Gasteiger charge is -2.37. The lowest BCUT2D eigenvalue weighted by Crippen LogP contribution is -2.55. The maximum absolute atomic E-state index is 13.4. The number of benzene rings is 1. The number of carbonyl (C=O) groups excluding carboxylic acids is 1. The van der Waals surface area contributed by atoms with Crippen molar-refractivity contribution in [3.63, 3.8) is 0 Å². The Morgan fingerprint density at radius 2 is 1.81 bits per heavy atom. The number of sulfonamides is 1. The molecule has 150 valence electrons. The van der Waals surface area contributed by atoms with Gasteiger partial charge in [0.1, 0.15) is 5.82 Å². The van der Waals surface area contributed by atoms with E-state index in [1.807, 2.05) is 11.8 Å². The highest BCUT2D eigenvalue weighted by molar-refractivity contribution is 7.89. The van der Waals surface area contributed by atoms with Crippen molar-refractivity contribution in [1.82, 2.24) is 14.5 Å². The molecule has 1 aromatic carbocycles. The van der Waals surface area contributed by atoms with E-state index in [0.717, 1.165) is 31.7 Å². The van der Waals surface area contributed by atoms with E-state index in [1.165, 1.54) is 28.9 Å². The van der Waals surface area contributed by atoms with E-state index in [4.69, 9.17) is 0 Å². The number of hydrogen-bond acceptors (Lipinski definition) is 4. The van der Waals surface area contributed by atoms with Crippen LogP contribution in [-0.4, -0.2) is 61.8 Å². The summed E-state index contributed by atoms with van der Waals surface area (Å²) in [7, 11) is -3.71. The fourth-order valence-electron chi connectivity index (χ4n) is 3.84. The third-order valence-electron chi connectivity index (χ3n) is 5.59. The molecular weight excluding hydrogens is 369 g/mol. The maximum Gasteiger partial charge on any atom is 0.243 e. The van der Waals surface area contributed by atoms with Crippen LogP contribution in [-0.2, 0) is 14.8 Å². The number of nitrogens with one attached hydrogen (secondary N) is 1. The van der Waals surface area contributed by atoms with Gasteiger partial charge in [0.2, 0.25) is 15.9 Å². The Kier molecular flexibility index (Phi) is 6.49. The standard InChI is InChI=1S/C19H28FN3O3S/c1-15(19(24)21-17-7-3-2-4-8-17)22-10-12-23(13-11-22)27(25,26)18-9-5-6-16(20)14-18/h5-6,9,14-15,17H,2-4,7-8,10-13H2,1H3,(H,21,24). The van der Waals surface area contributed by atoms with Crippen LogP contribution in [0.2, 0.25) is 0 Å². The first-order chi connectivity index (χ1) is 12.9. The molecule has 1 amide bonds. The van der Waals surface area contributed by atoms with Crippen LogP contribution in [0.1, 0.15) is 39.0 Å². The van der Waals surface area contributed by atoms with Crippen LogP contribution in [0.3, 0.4) is 0 Å². The van der Waals surface area contributed by atoms with Crippen molar-refractivity contribution in [2.45, 2.75) is 56.0 Å². The molecule has 1 N–H and O–H groups in total. The van der Waals surface area contributed by atoms with Crippen LogP contribution in [0, 0.1) is 5.82 Å². The molecule has 1 saturated heterocycles. The number of rotatable bonds is 5. The zero-order chi connectivity index (χ0) is 19.4. The lowest BCUT2D eigenvalue weighted by molar-refractivity contribution is -0.127. The van der Waals surface area contributed by atoms with Crippen molar-refractivity contribution in [1.29, 1.82) is 0 Å². The second-order valence-corrected chi connectivity index (χ2v) is 9.35. The third-order valence-corrected chi connectivity index (χ3v) is 7.48. The number of amides is 1. The van der Waals surface area contributed by atoms with Gasteiger partial charge in [0.05, 0.1) is 10.9 Å². The van der Waals surface area contributed by atoms with Crippen LogP contribution in [0.5, 0.6) is 0 Å². The van der Waals surface area contributed by atoms with Crippen molar-refractivity contribution in [3.05, 3.63) is 30.1 Å². The van der Waals surface area contributed by atoms with E-state index in [-0.39, 0.29) is 22.9 Å². The monoisotopic (exact) mass is 397 g/mol. The molecule has 1 unspecified atom stereocenters. The van der Waals surface area contributed by atoms with Gasteiger partial charge >= 0.3 is 0 Å². The van der Waals surface area contributed by atoms with Crippen molar-refractivity contribution >= 4 is 15.9 Å².